The molecule has 2 N–H and O–H groups in total. The average Bonchev–Trinajstić information content (AvgIpc) is 2.72. The third kappa shape index (κ3) is 7.75. The molecule has 0 aliphatic carbocycles. The van der Waals surface area contributed by atoms with Crippen molar-refractivity contribution in [3.63, 3.8) is 0 Å². The number of aliphatic carboxylic acids is 1. The molecule has 0 fully saturated rings. The van der Waals surface area contributed by atoms with Crippen molar-refractivity contribution in [2.75, 3.05) is 20.3 Å². The van der Waals surface area contributed by atoms with Crippen LogP contribution in [0.4, 0.5) is 4.39 Å². The van der Waals surface area contributed by atoms with Crippen molar-refractivity contribution in [3.8, 4) is 5.75 Å². The number of nitrogens with zero attached hydrogens (tertiary/aromatic N) is 1. The van der Waals surface area contributed by atoms with Gasteiger partial charge in [-0.3, -0.25) is 9.59 Å². The lowest BCUT2D eigenvalue weighted by Crippen LogP contribution is -2.34. The van der Waals surface area contributed by atoms with Crippen LogP contribution in [0.15, 0.2) is 48.5 Å². The SMILES string of the molecule is CCN(Cc1ccccc1F)C(=O)COc1ccc(CCC(=O)O)cc1.CO. The first-order chi connectivity index (χ1) is 13.5. The molecule has 1 amide bonds. The average molecular weight is 391 g/mol. The van der Waals surface area contributed by atoms with Crippen LogP contribution in [0.2, 0.25) is 0 Å². The Labute approximate surface area is 164 Å². The molecule has 7 heteroatoms. The van der Waals surface area contributed by atoms with E-state index in [0.29, 0.717) is 24.3 Å². The number of halogens is 1. The number of likely N-dealkylation sites (N-methyl/N-ethyl adjacent to an activating group) is 1. The highest BCUT2D eigenvalue weighted by molar-refractivity contribution is 5.77. The summed E-state index contributed by atoms with van der Waals surface area (Å²) in [6, 6.07) is 13.3. The van der Waals surface area contributed by atoms with E-state index in [4.69, 9.17) is 14.9 Å². The number of aliphatic hydroxyl groups is 1. The molecular formula is C21H26FNO5. The van der Waals surface area contributed by atoms with Gasteiger partial charge in [-0.25, -0.2) is 4.39 Å². The minimum atomic E-state index is -0.842. The topological polar surface area (TPSA) is 87.1 Å². The fraction of sp³-hybridized carbons (Fsp3) is 0.333. The minimum Gasteiger partial charge on any atom is -0.484 e. The van der Waals surface area contributed by atoms with Gasteiger partial charge in [-0.15, -0.1) is 0 Å². The number of amides is 1. The second kappa shape index (κ2) is 12.5. The Bertz CT molecular complexity index is 749. The summed E-state index contributed by atoms with van der Waals surface area (Å²) in [5, 5.41) is 15.7. The van der Waals surface area contributed by atoms with Gasteiger partial charge < -0.3 is 19.8 Å². The summed E-state index contributed by atoms with van der Waals surface area (Å²) in [6.45, 7) is 2.33. The number of aliphatic hydroxyl groups excluding tert-OH is 1. The molecule has 0 bridgehead atoms. The quantitative estimate of drug-likeness (QED) is 0.686. The number of hydrogen-bond donors (Lipinski definition) is 2. The molecule has 28 heavy (non-hydrogen) atoms. The maximum Gasteiger partial charge on any atom is 0.303 e. The number of carbonyl (C=O) groups is 2. The number of aryl methyl sites for hydroxylation is 1. The van der Waals surface area contributed by atoms with Crippen molar-refractivity contribution in [1.29, 1.82) is 0 Å². The van der Waals surface area contributed by atoms with Crippen LogP contribution >= 0.6 is 0 Å². The first-order valence-corrected chi connectivity index (χ1v) is 8.89. The number of rotatable bonds is 9. The monoisotopic (exact) mass is 391 g/mol. The Morgan fingerprint density at radius 3 is 2.29 bits per heavy atom. The lowest BCUT2D eigenvalue weighted by Gasteiger charge is -2.21. The van der Waals surface area contributed by atoms with Gasteiger partial charge in [0.1, 0.15) is 11.6 Å². The van der Waals surface area contributed by atoms with Gasteiger partial charge in [0, 0.05) is 32.2 Å². The van der Waals surface area contributed by atoms with Gasteiger partial charge in [-0.05, 0) is 37.1 Å². The summed E-state index contributed by atoms with van der Waals surface area (Å²) in [6.07, 6.45) is 0.515. The van der Waals surface area contributed by atoms with Crippen LogP contribution < -0.4 is 4.74 Å². The lowest BCUT2D eigenvalue weighted by atomic mass is 10.1. The number of carboxylic acids is 1. The van der Waals surface area contributed by atoms with Crippen LogP contribution in [0.1, 0.15) is 24.5 Å². The molecule has 0 aromatic heterocycles. The summed E-state index contributed by atoms with van der Waals surface area (Å²) >= 11 is 0. The molecule has 0 saturated carbocycles. The molecule has 0 unspecified atom stereocenters. The van der Waals surface area contributed by atoms with Crippen molar-refractivity contribution < 1.29 is 28.9 Å². The molecule has 0 heterocycles. The Kier molecular flexibility index (Phi) is 10.3. The van der Waals surface area contributed by atoms with Gasteiger partial charge in [-0.1, -0.05) is 30.3 Å². The van der Waals surface area contributed by atoms with E-state index in [9.17, 15) is 14.0 Å². The first-order valence-electron chi connectivity index (χ1n) is 8.89. The van der Waals surface area contributed by atoms with Gasteiger partial charge in [0.25, 0.3) is 5.91 Å². The third-order valence-electron chi connectivity index (χ3n) is 3.97. The Morgan fingerprint density at radius 2 is 1.71 bits per heavy atom. The molecule has 2 rings (SSSR count). The molecular weight excluding hydrogens is 365 g/mol. The van der Waals surface area contributed by atoms with Crippen LogP contribution in [-0.2, 0) is 22.6 Å². The fourth-order valence-electron chi connectivity index (χ4n) is 2.45. The van der Waals surface area contributed by atoms with Gasteiger partial charge in [0.2, 0.25) is 0 Å². The highest BCUT2D eigenvalue weighted by Crippen LogP contribution is 2.14. The second-order valence-electron chi connectivity index (χ2n) is 5.83. The normalized spacial score (nSPS) is 9.86. The lowest BCUT2D eigenvalue weighted by molar-refractivity contribution is -0.137. The molecule has 2 aromatic rings. The highest BCUT2D eigenvalue weighted by Gasteiger charge is 2.14. The predicted octanol–water partition coefficient (Wildman–Crippen LogP) is 2.88. The van der Waals surface area contributed by atoms with E-state index in [1.165, 1.54) is 11.0 Å². The summed E-state index contributed by atoms with van der Waals surface area (Å²) < 4.78 is 19.2. The zero-order valence-electron chi connectivity index (χ0n) is 16.1. The summed E-state index contributed by atoms with van der Waals surface area (Å²) in [5.74, 6) is -0.882. The molecule has 0 radical (unpaired) electrons. The van der Waals surface area contributed by atoms with E-state index in [2.05, 4.69) is 0 Å². The summed E-state index contributed by atoms with van der Waals surface area (Å²) in [4.78, 5) is 24.4. The summed E-state index contributed by atoms with van der Waals surface area (Å²) in [7, 11) is 1.00. The molecule has 0 atom stereocenters. The molecule has 0 saturated heterocycles. The smallest absolute Gasteiger partial charge is 0.303 e. The van der Waals surface area contributed by atoms with Crippen LogP contribution in [0, 0.1) is 5.82 Å². The molecule has 152 valence electrons. The molecule has 6 nitrogen and oxygen atoms in total. The summed E-state index contributed by atoms with van der Waals surface area (Å²) in [5.41, 5.74) is 1.35. The van der Waals surface area contributed by atoms with E-state index in [1.807, 2.05) is 6.92 Å². The van der Waals surface area contributed by atoms with Crippen LogP contribution in [-0.4, -0.2) is 47.3 Å². The fourth-order valence-corrected chi connectivity index (χ4v) is 2.45. The molecule has 0 aliphatic rings. The van der Waals surface area contributed by atoms with Gasteiger partial charge in [-0.2, -0.15) is 0 Å². The minimum absolute atomic E-state index is 0.0696. The van der Waals surface area contributed by atoms with Crippen molar-refractivity contribution in [1.82, 2.24) is 4.90 Å². The Hall–Kier alpha value is -2.93. The Balaban J connectivity index is 0.00000190. The maximum absolute atomic E-state index is 13.7. The van der Waals surface area contributed by atoms with Crippen LogP contribution in [0.5, 0.6) is 5.75 Å². The third-order valence-corrected chi connectivity index (χ3v) is 3.97. The van der Waals surface area contributed by atoms with Crippen LogP contribution in [0.3, 0.4) is 0 Å². The largest absolute Gasteiger partial charge is 0.484 e. The van der Waals surface area contributed by atoms with E-state index >= 15 is 0 Å². The van der Waals surface area contributed by atoms with E-state index in [1.54, 1.807) is 42.5 Å². The molecule has 0 spiro atoms. The number of carboxylic acid groups (broad SMARTS) is 1. The van der Waals surface area contributed by atoms with Gasteiger partial charge >= 0.3 is 5.97 Å². The molecule has 0 aliphatic heterocycles. The second-order valence-corrected chi connectivity index (χ2v) is 5.83. The van der Waals surface area contributed by atoms with Gasteiger partial charge in [0.05, 0.1) is 0 Å². The number of hydrogen-bond acceptors (Lipinski definition) is 4. The zero-order chi connectivity index (χ0) is 20.9. The van der Waals surface area contributed by atoms with Crippen molar-refractivity contribution in [3.05, 3.63) is 65.5 Å². The number of ether oxygens (including phenoxy) is 1. The van der Waals surface area contributed by atoms with Crippen molar-refractivity contribution >= 4 is 11.9 Å². The maximum atomic E-state index is 13.7. The number of carbonyl (C=O) groups excluding carboxylic acids is 1. The zero-order valence-corrected chi connectivity index (χ0v) is 16.1. The number of benzene rings is 2. The standard InChI is InChI=1S/C20H22FNO4.CH4O/c1-2-22(13-16-5-3-4-6-18(16)21)19(23)14-26-17-10-7-15(8-11-17)9-12-20(24)25;1-2/h3-8,10-11H,2,9,12-14H2,1H3,(H,24,25);2H,1H3. The first kappa shape index (κ1) is 23.1. The molecule has 2 aromatic carbocycles. The predicted molar refractivity (Wildman–Crippen MR) is 104 cm³/mol. The Morgan fingerprint density at radius 1 is 1.07 bits per heavy atom. The van der Waals surface area contributed by atoms with Crippen molar-refractivity contribution in [2.45, 2.75) is 26.3 Å². The van der Waals surface area contributed by atoms with Crippen molar-refractivity contribution in [2.24, 2.45) is 0 Å². The highest BCUT2D eigenvalue weighted by atomic mass is 19.1. The van der Waals surface area contributed by atoms with Crippen LogP contribution in [0.25, 0.3) is 0 Å². The van der Waals surface area contributed by atoms with Gasteiger partial charge in [0.15, 0.2) is 6.61 Å². The van der Waals surface area contributed by atoms with E-state index in [-0.39, 0.29) is 31.3 Å². The van der Waals surface area contributed by atoms with E-state index in [0.717, 1.165) is 12.7 Å². The van der Waals surface area contributed by atoms with E-state index < -0.39 is 5.97 Å².